The van der Waals surface area contributed by atoms with Crippen LogP contribution in [0.25, 0.3) is 0 Å². The average molecular weight is 332 g/mol. The number of benzene rings is 1. The van der Waals surface area contributed by atoms with Crippen LogP contribution in [0.1, 0.15) is 33.6 Å². The van der Waals surface area contributed by atoms with Gasteiger partial charge in [0.05, 0.1) is 6.54 Å². The van der Waals surface area contributed by atoms with E-state index in [2.05, 4.69) is 41.3 Å². The van der Waals surface area contributed by atoms with E-state index in [9.17, 15) is 0 Å². The van der Waals surface area contributed by atoms with Gasteiger partial charge in [-0.1, -0.05) is 18.2 Å². The number of likely N-dealkylation sites (tertiary alicyclic amines) is 1. The largest absolute Gasteiger partial charge is 0.492 e. The zero-order chi connectivity index (χ0) is 17.2. The molecule has 1 aliphatic rings. The van der Waals surface area contributed by atoms with Crippen LogP contribution >= 0.6 is 0 Å². The van der Waals surface area contributed by atoms with Crippen molar-refractivity contribution in [1.82, 2.24) is 15.5 Å². The molecule has 0 radical (unpaired) electrons. The van der Waals surface area contributed by atoms with Gasteiger partial charge in [0.15, 0.2) is 5.96 Å². The highest BCUT2D eigenvalue weighted by atomic mass is 16.5. The van der Waals surface area contributed by atoms with Gasteiger partial charge in [0.1, 0.15) is 12.4 Å². The lowest BCUT2D eigenvalue weighted by Crippen LogP contribution is -2.50. The van der Waals surface area contributed by atoms with Gasteiger partial charge in [0, 0.05) is 31.7 Å². The normalized spacial score (nSPS) is 17.1. The number of aliphatic imine (C=N–C) groups is 1. The lowest BCUT2D eigenvalue weighted by Gasteiger charge is -2.35. The standard InChI is InChI=1S/C19H32N4O/c1-4-20-19(21-12-15-24-18-8-6-5-7-9-18)22-17-10-13-23(14-11-17)16(2)3/h5-9,16-17H,4,10-15H2,1-3H3,(H2,20,21,22). The van der Waals surface area contributed by atoms with Crippen molar-refractivity contribution < 1.29 is 4.74 Å². The fourth-order valence-electron chi connectivity index (χ4n) is 2.91. The number of piperidine rings is 1. The topological polar surface area (TPSA) is 48.9 Å². The summed E-state index contributed by atoms with van der Waals surface area (Å²) in [5.41, 5.74) is 0. The molecule has 134 valence electrons. The highest BCUT2D eigenvalue weighted by molar-refractivity contribution is 5.80. The molecule has 2 rings (SSSR count). The van der Waals surface area contributed by atoms with Gasteiger partial charge in [-0.15, -0.1) is 0 Å². The Labute approximate surface area is 146 Å². The van der Waals surface area contributed by atoms with Crippen molar-refractivity contribution in [2.75, 3.05) is 32.8 Å². The van der Waals surface area contributed by atoms with E-state index < -0.39 is 0 Å². The fraction of sp³-hybridized carbons (Fsp3) is 0.632. The van der Waals surface area contributed by atoms with Crippen molar-refractivity contribution in [2.45, 2.75) is 45.7 Å². The van der Waals surface area contributed by atoms with Crippen LogP contribution in [0.15, 0.2) is 35.3 Å². The molecular formula is C19H32N4O. The molecular weight excluding hydrogens is 300 g/mol. The summed E-state index contributed by atoms with van der Waals surface area (Å²) >= 11 is 0. The molecule has 2 N–H and O–H groups in total. The zero-order valence-electron chi connectivity index (χ0n) is 15.3. The third-order valence-corrected chi connectivity index (χ3v) is 4.32. The summed E-state index contributed by atoms with van der Waals surface area (Å²) in [5.74, 6) is 1.80. The number of hydrogen-bond acceptors (Lipinski definition) is 3. The first kappa shape index (κ1) is 18.6. The molecule has 0 unspecified atom stereocenters. The minimum absolute atomic E-state index is 0.507. The van der Waals surface area contributed by atoms with Crippen LogP contribution in [0.2, 0.25) is 0 Å². The lowest BCUT2D eigenvalue weighted by molar-refractivity contribution is 0.167. The van der Waals surface area contributed by atoms with Crippen LogP contribution in [0.3, 0.4) is 0 Å². The molecule has 1 aromatic carbocycles. The molecule has 0 atom stereocenters. The third kappa shape index (κ3) is 6.40. The Kier molecular flexibility index (Phi) is 7.89. The molecule has 24 heavy (non-hydrogen) atoms. The predicted octanol–water partition coefficient (Wildman–Crippen LogP) is 2.49. The van der Waals surface area contributed by atoms with Crippen molar-refractivity contribution in [2.24, 2.45) is 4.99 Å². The highest BCUT2D eigenvalue weighted by Gasteiger charge is 2.21. The number of nitrogens with one attached hydrogen (secondary N) is 2. The molecule has 1 aromatic rings. The quantitative estimate of drug-likeness (QED) is 0.458. The van der Waals surface area contributed by atoms with Gasteiger partial charge in [-0.25, -0.2) is 4.99 Å². The maximum absolute atomic E-state index is 5.70. The number of ether oxygens (including phenoxy) is 1. The van der Waals surface area contributed by atoms with Crippen LogP contribution in [0.4, 0.5) is 0 Å². The van der Waals surface area contributed by atoms with Crippen LogP contribution in [0, 0.1) is 0 Å². The second-order valence-corrected chi connectivity index (χ2v) is 6.47. The first-order valence-corrected chi connectivity index (χ1v) is 9.15. The minimum atomic E-state index is 0.507. The van der Waals surface area contributed by atoms with E-state index in [1.807, 2.05) is 30.3 Å². The van der Waals surface area contributed by atoms with Crippen molar-refractivity contribution in [3.05, 3.63) is 30.3 Å². The number of rotatable bonds is 7. The molecule has 5 heteroatoms. The van der Waals surface area contributed by atoms with E-state index in [0.29, 0.717) is 25.2 Å². The zero-order valence-corrected chi connectivity index (χ0v) is 15.3. The van der Waals surface area contributed by atoms with Gasteiger partial charge in [-0.05, 0) is 45.7 Å². The van der Waals surface area contributed by atoms with Crippen molar-refractivity contribution in [3.63, 3.8) is 0 Å². The summed E-state index contributed by atoms with van der Waals surface area (Å²) < 4.78 is 5.70. The Hall–Kier alpha value is -1.75. The number of hydrogen-bond donors (Lipinski definition) is 2. The second-order valence-electron chi connectivity index (χ2n) is 6.47. The summed E-state index contributed by atoms with van der Waals surface area (Å²) in [4.78, 5) is 7.17. The first-order valence-electron chi connectivity index (χ1n) is 9.15. The maximum Gasteiger partial charge on any atom is 0.191 e. The molecule has 1 fully saturated rings. The molecule has 1 aliphatic heterocycles. The van der Waals surface area contributed by atoms with E-state index in [-0.39, 0.29) is 0 Å². The summed E-state index contributed by atoms with van der Waals surface area (Å²) in [6, 6.07) is 11.0. The van der Waals surface area contributed by atoms with E-state index >= 15 is 0 Å². The Morgan fingerprint density at radius 3 is 2.58 bits per heavy atom. The van der Waals surface area contributed by atoms with Gasteiger partial charge in [0.25, 0.3) is 0 Å². The minimum Gasteiger partial charge on any atom is -0.492 e. The van der Waals surface area contributed by atoms with Gasteiger partial charge in [-0.2, -0.15) is 0 Å². The second kappa shape index (κ2) is 10.2. The molecule has 0 spiro atoms. The van der Waals surface area contributed by atoms with Crippen LogP contribution in [-0.2, 0) is 0 Å². The van der Waals surface area contributed by atoms with E-state index in [1.165, 1.54) is 12.8 Å². The van der Waals surface area contributed by atoms with E-state index in [0.717, 1.165) is 31.3 Å². The number of guanidine groups is 1. The molecule has 0 aromatic heterocycles. The summed E-state index contributed by atoms with van der Waals surface area (Å²) in [5, 5.41) is 6.90. The molecule has 0 amide bonds. The predicted molar refractivity (Wildman–Crippen MR) is 101 cm³/mol. The smallest absolute Gasteiger partial charge is 0.191 e. The lowest BCUT2D eigenvalue weighted by atomic mass is 10.0. The van der Waals surface area contributed by atoms with Crippen molar-refractivity contribution >= 4 is 5.96 Å². The van der Waals surface area contributed by atoms with Gasteiger partial charge in [0.2, 0.25) is 0 Å². The SMILES string of the molecule is CCNC(=NCCOc1ccccc1)NC1CCN(C(C)C)CC1. The Morgan fingerprint density at radius 2 is 1.96 bits per heavy atom. The molecule has 0 saturated carbocycles. The van der Waals surface area contributed by atoms with Crippen LogP contribution < -0.4 is 15.4 Å². The third-order valence-electron chi connectivity index (χ3n) is 4.32. The Morgan fingerprint density at radius 1 is 1.25 bits per heavy atom. The molecule has 1 heterocycles. The van der Waals surface area contributed by atoms with Gasteiger partial charge < -0.3 is 20.3 Å². The monoisotopic (exact) mass is 332 g/mol. The van der Waals surface area contributed by atoms with E-state index in [4.69, 9.17) is 4.74 Å². The summed E-state index contributed by atoms with van der Waals surface area (Å²) in [6.45, 7) is 11.1. The highest BCUT2D eigenvalue weighted by Crippen LogP contribution is 2.12. The van der Waals surface area contributed by atoms with Gasteiger partial charge in [-0.3, -0.25) is 0 Å². The molecule has 0 aliphatic carbocycles. The molecule has 5 nitrogen and oxygen atoms in total. The number of para-hydroxylation sites is 1. The Bertz CT molecular complexity index is 481. The summed E-state index contributed by atoms with van der Waals surface area (Å²) in [7, 11) is 0. The van der Waals surface area contributed by atoms with Crippen molar-refractivity contribution in [1.29, 1.82) is 0 Å². The molecule has 1 saturated heterocycles. The summed E-state index contributed by atoms with van der Waals surface area (Å²) in [6.07, 6.45) is 2.34. The maximum atomic E-state index is 5.70. The van der Waals surface area contributed by atoms with Crippen molar-refractivity contribution in [3.8, 4) is 5.75 Å². The van der Waals surface area contributed by atoms with Crippen LogP contribution in [0.5, 0.6) is 5.75 Å². The van der Waals surface area contributed by atoms with Crippen LogP contribution in [-0.4, -0.2) is 55.7 Å². The number of nitrogens with zero attached hydrogens (tertiary/aromatic N) is 2. The fourth-order valence-corrected chi connectivity index (χ4v) is 2.91. The first-order chi connectivity index (χ1) is 11.7. The Balaban J connectivity index is 1.74. The van der Waals surface area contributed by atoms with E-state index in [1.54, 1.807) is 0 Å². The van der Waals surface area contributed by atoms with Gasteiger partial charge >= 0.3 is 0 Å². The average Bonchev–Trinajstić information content (AvgIpc) is 2.60. The molecule has 0 bridgehead atoms.